The van der Waals surface area contributed by atoms with Crippen LogP contribution in [0.25, 0.3) is 0 Å². The van der Waals surface area contributed by atoms with E-state index in [4.69, 9.17) is 11.6 Å². The molecule has 0 saturated carbocycles. The molecule has 0 aliphatic heterocycles. The minimum absolute atomic E-state index is 0.0705. The van der Waals surface area contributed by atoms with Crippen LogP contribution in [0.5, 0.6) is 5.75 Å². The van der Waals surface area contributed by atoms with Crippen LogP contribution in [0.4, 0.5) is 0 Å². The van der Waals surface area contributed by atoms with Crippen LogP contribution in [0.1, 0.15) is 38.8 Å². The highest BCUT2D eigenvalue weighted by Crippen LogP contribution is 2.36. The molecular weight excluding hydrogens is 196 g/mol. The highest BCUT2D eigenvalue weighted by Gasteiger charge is 2.20. The van der Waals surface area contributed by atoms with Crippen LogP contribution >= 0.6 is 11.6 Å². The van der Waals surface area contributed by atoms with Gasteiger partial charge in [0.2, 0.25) is 0 Å². The molecule has 1 rings (SSSR count). The first-order valence-electron chi connectivity index (χ1n) is 4.88. The molecule has 0 saturated heterocycles. The van der Waals surface area contributed by atoms with Crippen LogP contribution in [0, 0.1) is 0 Å². The van der Waals surface area contributed by atoms with Crippen LogP contribution < -0.4 is 0 Å². The summed E-state index contributed by atoms with van der Waals surface area (Å²) in [5, 5.41) is 10.3. The Morgan fingerprint density at radius 1 is 1.29 bits per heavy atom. The van der Waals surface area contributed by atoms with Gasteiger partial charge in [0.25, 0.3) is 0 Å². The van der Waals surface area contributed by atoms with E-state index in [1.165, 1.54) is 0 Å². The number of aryl methyl sites for hydroxylation is 1. The second-order valence-corrected chi connectivity index (χ2v) is 4.98. The second kappa shape index (κ2) is 3.82. The van der Waals surface area contributed by atoms with Gasteiger partial charge in [0.1, 0.15) is 5.75 Å². The van der Waals surface area contributed by atoms with Crippen molar-refractivity contribution in [3.05, 3.63) is 28.3 Å². The zero-order valence-corrected chi connectivity index (χ0v) is 9.94. The van der Waals surface area contributed by atoms with Gasteiger partial charge in [0.15, 0.2) is 0 Å². The number of rotatable bonds is 1. The molecular formula is C12H17ClO. The molecule has 1 nitrogen and oxygen atoms in total. The standard InChI is InChI=1S/C12H17ClO/c1-5-8-6-9(12(2,3)4)11(14)10(13)7-8/h6-7,14H,5H2,1-4H3. The van der Waals surface area contributed by atoms with Gasteiger partial charge in [-0.1, -0.05) is 45.4 Å². The normalized spacial score (nSPS) is 11.8. The van der Waals surface area contributed by atoms with Crippen LogP contribution in [-0.2, 0) is 11.8 Å². The van der Waals surface area contributed by atoms with Gasteiger partial charge in [-0.3, -0.25) is 0 Å². The summed E-state index contributed by atoms with van der Waals surface area (Å²) in [5.74, 6) is 0.219. The van der Waals surface area contributed by atoms with Crippen LogP contribution in [0.3, 0.4) is 0 Å². The molecule has 2 heteroatoms. The monoisotopic (exact) mass is 212 g/mol. The largest absolute Gasteiger partial charge is 0.506 e. The Hall–Kier alpha value is -0.690. The zero-order chi connectivity index (χ0) is 10.9. The minimum Gasteiger partial charge on any atom is -0.506 e. The average molecular weight is 213 g/mol. The number of hydrogen-bond acceptors (Lipinski definition) is 1. The lowest BCUT2D eigenvalue weighted by Crippen LogP contribution is -2.12. The van der Waals surface area contributed by atoms with Crippen molar-refractivity contribution in [3.8, 4) is 5.75 Å². The fourth-order valence-electron chi connectivity index (χ4n) is 1.43. The van der Waals surface area contributed by atoms with Gasteiger partial charge in [-0.25, -0.2) is 0 Å². The molecule has 0 radical (unpaired) electrons. The lowest BCUT2D eigenvalue weighted by Gasteiger charge is -2.21. The number of hydrogen-bond donors (Lipinski definition) is 1. The first kappa shape index (κ1) is 11.4. The van der Waals surface area contributed by atoms with E-state index in [9.17, 15) is 5.11 Å². The van der Waals surface area contributed by atoms with Crippen molar-refractivity contribution >= 4 is 11.6 Å². The van der Waals surface area contributed by atoms with Crippen molar-refractivity contribution in [2.45, 2.75) is 39.5 Å². The van der Waals surface area contributed by atoms with Crippen LogP contribution in [-0.4, -0.2) is 5.11 Å². The summed E-state index contributed by atoms with van der Waals surface area (Å²) in [6.07, 6.45) is 0.934. The number of halogens is 1. The Labute approximate surface area is 90.7 Å². The maximum absolute atomic E-state index is 9.82. The first-order chi connectivity index (χ1) is 6.36. The maximum Gasteiger partial charge on any atom is 0.137 e. The maximum atomic E-state index is 9.82. The summed E-state index contributed by atoms with van der Waals surface area (Å²) in [7, 11) is 0. The van der Waals surface area contributed by atoms with Gasteiger partial charge in [-0.15, -0.1) is 0 Å². The molecule has 0 aliphatic rings. The predicted octanol–water partition coefficient (Wildman–Crippen LogP) is 3.91. The Kier molecular flexibility index (Phi) is 3.10. The van der Waals surface area contributed by atoms with Crippen molar-refractivity contribution < 1.29 is 5.11 Å². The van der Waals surface area contributed by atoms with E-state index < -0.39 is 0 Å². The van der Waals surface area contributed by atoms with Crippen molar-refractivity contribution in [2.75, 3.05) is 0 Å². The van der Waals surface area contributed by atoms with Gasteiger partial charge in [-0.05, 0) is 23.5 Å². The summed E-state index contributed by atoms with van der Waals surface area (Å²) < 4.78 is 0. The number of benzene rings is 1. The van der Waals surface area contributed by atoms with Crippen LogP contribution in [0.2, 0.25) is 5.02 Å². The number of aromatic hydroxyl groups is 1. The third-order valence-corrected chi connectivity index (χ3v) is 2.63. The van der Waals surface area contributed by atoms with Gasteiger partial charge < -0.3 is 5.11 Å². The molecule has 1 N–H and O–H groups in total. The van der Waals surface area contributed by atoms with E-state index >= 15 is 0 Å². The van der Waals surface area contributed by atoms with Crippen molar-refractivity contribution in [1.82, 2.24) is 0 Å². The fourth-order valence-corrected chi connectivity index (χ4v) is 1.67. The van der Waals surface area contributed by atoms with E-state index in [-0.39, 0.29) is 11.2 Å². The molecule has 0 atom stereocenters. The van der Waals surface area contributed by atoms with Gasteiger partial charge in [0, 0.05) is 5.56 Å². The highest BCUT2D eigenvalue weighted by atomic mass is 35.5. The van der Waals surface area contributed by atoms with E-state index in [1.807, 2.05) is 12.1 Å². The second-order valence-electron chi connectivity index (χ2n) is 4.58. The SMILES string of the molecule is CCc1cc(Cl)c(O)c(C(C)(C)C)c1. The van der Waals surface area contributed by atoms with E-state index in [0.717, 1.165) is 17.5 Å². The van der Waals surface area contributed by atoms with E-state index in [0.29, 0.717) is 5.02 Å². The number of phenols is 1. The third kappa shape index (κ3) is 2.21. The molecule has 1 aromatic carbocycles. The molecule has 1 aromatic rings. The first-order valence-corrected chi connectivity index (χ1v) is 5.26. The fraction of sp³-hybridized carbons (Fsp3) is 0.500. The molecule has 0 unspecified atom stereocenters. The lowest BCUT2D eigenvalue weighted by atomic mass is 9.85. The van der Waals surface area contributed by atoms with Crippen molar-refractivity contribution in [1.29, 1.82) is 0 Å². The molecule has 0 heterocycles. The quantitative estimate of drug-likeness (QED) is 0.749. The predicted molar refractivity (Wildman–Crippen MR) is 61.2 cm³/mol. The smallest absolute Gasteiger partial charge is 0.137 e. The lowest BCUT2D eigenvalue weighted by molar-refractivity contribution is 0.446. The molecule has 0 spiro atoms. The third-order valence-electron chi connectivity index (χ3n) is 2.34. The molecule has 0 aromatic heterocycles. The van der Waals surface area contributed by atoms with Gasteiger partial charge >= 0.3 is 0 Å². The summed E-state index contributed by atoms with van der Waals surface area (Å²) in [4.78, 5) is 0. The summed E-state index contributed by atoms with van der Waals surface area (Å²) >= 11 is 5.95. The van der Waals surface area contributed by atoms with Crippen molar-refractivity contribution in [3.63, 3.8) is 0 Å². The van der Waals surface area contributed by atoms with E-state index in [2.05, 4.69) is 27.7 Å². The van der Waals surface area contributed by atoms with Crippen LogP contribution in [0.15, 0.2) is 12.1 Å². The molecule has 14 heavy (non-hydrogen) atoms. The minimum atomic E-state index is -0.0705. The molecule has 0 bridgehead atoms. The zero-order valence-electron chi connectivity index (χ0n) is 9.19. The summed E-state index contributed by atoms with van der Waals surface area (Å²) in [6.45, 7) is 8.28. The Balaban J connectivity index is 3.35. The van der Waals surface area contributed by atoms with Crippen molar-refractivity contribution in [2.24, 2.45) is 0 Å². The molecule has 0 amide bonds. The average Bonchev–Trinajstić information content (AvgIpc) is 2.07. The number of phenolic OH excluding ortho intramolecular Hbond substituents is 1. The highest BCUT2D eigenvalue weighted by molar-refractivity contribution is 6.32. The topological polar surface area (TPSA) is 20.2 Å². The Bertz CT molecular complexity index is 337. The Morgan fingerprint density at radius 3 is 2.29 bits per heavy atom. The van der Waals surface area contributed by atoms with Gasteiger partial charge in [-0.2, -0.15) is 0 Å². The molecule has 0 aliphatic carbocycles. The van der Waals surface area contributed by atoms with E-state index in [1.54, 1.807) is 0 Å². The molecule has 78 valence electrons. The van der Waals surface area contributed by atoms with Gasteiger partial charge in [0.05, 0.1) is 5.02 Å². The summed E-state index contributed by atoms with van der Waals surface area (Å²) in [5.41, 5.74) is 2.01. The Morgan fingerprint density at radius 2 is 1.86 bits per heavy atom. The summed E-state index contributed by atoms with van der Waals surface area (Å²) in [6, 6.07) is 3.85. The molecule has 0 fully saturated rings.